The summed E-state index contributed by atoms with van der Waals surface area (Å²) in [6.45, 7) is 6.30. The van der Waals surface area contributed by atoms with Crippen LogP contribution in [0.4, 0.5) is 0 Å². The minimum atomic E-state index is 0. The SMILES string of the molecule is CN=C(NCC1(NC(C)c2ccccc2)CCCC1)NC1CCN(Cc2ccccn2)CC1.I. The molecule has 6 nitrogen and oxygen atoms in total. The van der Waals surface area contributed by atoms with Crippen LogP contribution < -0.4 is 16.0 Å². The number of rotatable bonds is 8. The third-order valence-corrected chi connectivity index (χ3v) is 7.24. The molecule has 2 aliphatic rings. The molecule has 2 heterocycles. The van der Waals surface area contributed by atoms with Crippen LogP contribution in [0, 0.1) is 0 Å². The van der Waals surface area contributed by atoms with Crippen molar-refractivity contribution in [2.24, 2.45) is 4.99 Å². The Morgan fingerprint density at radius 3 is 2.44 bits per heavy atom. The monoisotopic (exact) mass is 576 g/mol. The molecule has 1 saturated carbocycles. The molecule has 1 aliphatic carbocycles. The second-order valence-corrected chi connectivity index (χ2v) is 9.71. The van der Waals surface area contributed by atoms with Crippen molar-refractivity contribution in [1.29, 1.82) is 0 Å². The molecule has 186 valence electrons. The number of nitrogens with one attached hydrogen (secondary N) is 3. The second-order valence-electron chi connectivity index (χ2n) is 9.71. The zero-order valence-corrected chi connectivity index (χ0v) is 23.0. The van der Waals surface area contributed by atoms with Crippen LogP contribution in [0.15, 0.2) is 59.7 Å². The van der Waals surface area contributed by atoms with Gasteiger partial charge < -0.3 is 16.0 Å². The fraction of sp³-hybridized carbons (Fsp3) is 0.556. The van der Waals surface area contributed by atoms with E-state index in [1.165, 1.54) is 31.2 Å². The van der Waals surface area contributed by atoms with Gasteiger partial charge in [-0.3, -0.25) is 14.9 Å². The first kappa shape index (κ1) is 26.9. The first-order valence-corrected chi connectivity index (χ1v) is 12.6. The van der Waals surface area contributed by atoms with Gasteiger partial charge in [-0.1, -0.05) is 49.2 Å². The summed E-state index contributed by atoms with van der Waals surface area (Å²) in [5.41, 5.74) is 2.63. The molecule has 4 rings (SSSR count). The number of piperidine rings is 1. The molecule has 7 heteroatoms. The molecule has 0 radical (unpaired) electrons. The van der Waals surface area contributed by atoms with Gasteiger partial charge in [0.05, 0.1) is 5.69 Å². The number of pyridine rings is 1. The quantitative estimate of drug-likeness (QED) is 0.246. The Morgan fingerprint density at radius 2 is 1.79 bits per heavy atom. The van der Waals surface area contributed by atoms with E-state index in [9.17, 15) is 0 Å². The van der Waals surface area contributed by atoms with Crippen molar-refractivity contribution in [1.82, 2.24) is 25.8 Å². The predicted molar refractivity (Wildman–Crippen MR) is 152 cm³/mol. The third kappa shape index (κ3) is 7.65. The smallest absolute Gasteiger partial charge is 0.191 e. The van der Waals surface area contributed by atoms with Gasteiger partial charge in [-0.25, -0.2) is 0 Å². The van der Waals surface area contributed by atoms with Gasteiger partial charge in [-0.2, -0.15) is 0 Å². The van der Waals surface area contributed by atoms with Gasteiger partial charge in [-0.05, 0) is 50.3 Å². The molecule has 1 aliphatic heterocycles. The Bertz CT molecular complexity index is 861. The minimum Gasteiger partial charge on any atom is -0.355 e. The zero-order chi connectivity index (χ0) is 22.9. The number of aromatic nitrogens is 1. The van der Waals surface area contributed by atoms with E-state index in [4.69, 9.17) is 0 Å². The van der Waals surface area contributed by atoms with Crippen LogP contribution in [0.1, 0.15) is 62.7 Å². The van der Waals surface area contributed by atoms with Crippen LogP contribution in [0.5, 0.6) is 0 Å². The predicted octanol–water partition coefficient (Wildman–Crippen LogP) is 4.49. The van der Waals surface area contributed by atoms with Crippen LogP contribution >= 0.6 is 24.0 Å². The number of guanidine groups is 1. The van der Waals surface area contributed by atoms with E-state index in [0.717, 1.165) is 50.7 Å². The number of aliphatic imine (C=N–C) groups is 1. The Morgan fingerprint density at radius 1 is 1.09 bits per heavy atom. The Kier molecular flexibility index (Phi) is 10.6. The molecule has 2 aromatic rings. The van der Waals surface area contributed by atoms with E-state index in [1.54, 1.807) is 0 Å². The number of likely N-dealkylation sites (tertiary alicyclic amines) is 1. The van der Waals surface area contributed by atoms with E-state index in [0.29, 0.717) is 12.1 Å². The van der Waals surface area contributed by atoms with Crippen molar-refractivity contribution in [3.8, 4) is 0 Å². The van der Waals surface area contributed by atoms with Gasteiger partial charge in [0.15, 0.2) is 5.96 Å². The van der Waals surface area contributed by atoms with Crippen LogP contribution in [-0.2, 0) is 6.54 Å². The van der Waals surface area contributed by atoms with Crippen molar-refractivity contribution >= 4 is 29.9 Å². The van der Waals surface area contributed by atoms with Crippen LogP contribution in [0.2, 0.25) is 0 Å². The highest BCUT2D eigenvalue weighted by atomic mass is 127. The molecule has 3 N–H and O–H groups in total. The highest BCUT2D eigenvalue weighted by Gasteiger charge is 2.35. The van der Waals surface area contributed by atoms with Gasteiger partial charge >= 0.3 is 0 Å². The molecule has 0 amide bonds. The first-order valence-electron chi connectivity index (χ1n) is 12.6. The summed E-state index contributed by atoms with van der Waals surface area (Å²) in [6.07, 6.45) is 9.13. The van der Waals surface area contributed by atoms with Gasteiger partial charge in [0.1, 0.15) is 0 Å². The number of hydrogen-bond donors (Lipinski definition) is 3. The summed E-state index contributed by atoms with van der Waals surface area (Å²) in [4.78, 5) is 11.5. The van der Waals surface area contributed by atoms with Crippen LogP contribution in [-0.4, -0.2) is 54.1 Å². The summed E-state index contributed by atoms with van der Waals surface area (Å²) < 4.78 is 0. The molecular formula is C27H41IN6. The van der Waals surface area contributed by atoms with Crippen molar-refractivity contribution in [3.63, 3.8) is 0 Å². The van der Waals surface area contributed by atoms with E-state index in [1.807, 2.05) is 19.3 Å². The van der Waals surface area contributed by atoms with Crippen LogP contribution in [0.25, 0.3) is 0 Å². The largest absolute Gasteiger partial charge is 0.355 e. The molecule has 1 aromatic heterocycles. The Balaban J connectivity index is 0.00000324. The maximum atomic E-state index is 4.54. The standard InChI is InChI=1S/C27H40N6.HI/c1-22(23-10-4-3-5-11-23)32-27(15-7-8-16-27)21-30-26(28-2)31-24-13-18-33(19-14-24)20-25-12-6-9-17-29-25;/h3-6,9-12,17,22,24,32H,7-8,13-16,18-21H2,1-2H3,(H2,28,30,31);1H. The molecule has 2 fully saturated rings. The number of halogens is 1. The molecule has 1 saturated heterocycles. The normalized spacial score (nSPS) is 19.9. The van der Waals surface area contributed by atoms with Crippen molar-refractivity contribution in [2.75, 3.05) is 26.7 Å². The molecule has 34 heavy (non-hydrogen) atoms. The van der Waals surface area contributed by atoms with Crippen molar-refractivity contribution in [2.45, 2.75) is 69.6 Å². The summed E-state index contributed by atoms with van der Waals surface area (Å²) in [5, 5.41) is 11.3. The van der Waals surface area contributed by atoms with E-state index < -0.39 is 0 Å². The lowest BCUT2D eigenvalue weighted by Crippen LogP contribution is -2.56. The first-order chi connectivity index (χ1) is 16.2. The molecule has 1 unspecified atom stereocenters. The highest BCUT2D eigenvalue weighted by Crippen LogP contribution is 2.31. The van der Waals surface area contributed by atoms with E-state index >= 15 is 0 Å². The molecule has 1 aromatic carbocycles. The highest BCUT2D eigenvalue weighted by molar-refractivity contribution is 14.0. The maximum Gasteiger partial charge on any atom is 0.191 e. The minimum absolute atomic E-state index is 0. The lowest BCUT2D eigenvalue weighted by molar-refractivity contribution is 0.196. The lowest BCUT2D eigenvalue weighted by atomic mass is 9.94. The average molecular weight is 577 g/mol. The molecule has 1 atom stereocenters. The summed E-state index contributed by atoms with van der Waals surface area (Å²) in [7, 11) is 1.88. The van der Waals surface area contributed by atoms with E-state index in [-0.39, 0.29) is 29.5 Å². The fourth-order valence-electron chi connectivity index (χ4n) is 5.31. The Hall–Kier alpha value is -1.71. The fourth-order valence-corrected chi connectivity index (χ4v) is 5.31. The van der Waals surface area contributed by atoms with E-state index in [2.05, 4.69) is 80.2 Å². The van der Waals surface area contributed by atoms with Crippen molar-refractivity contribution in [3.05, 3.63) is 66.0 Å². The third-order valence-electron chi connectivity index (χ3n) is 7.24. The number of hydrogen-bond acceptors (Lipinski definition) is 4. The van der Waals surface area contributed by atoms with Gasteiger partial charge in [0.25, 0.3) is 0 Å². The molecular weight excluding hydrogens is 535 g/mol. The topological polar surface area (TPSA) is 64.6 Å². The average Bonchev–Trinajstić information content (AvgIpc) is 3.32. The second kappa shape index (κ2) is 13.4. The van der Waals surface area contributed by atoms with Gasteiger partial charge in [0.2, 0.25) is 0 Å². The van der Waals surface area contributed by atoms with Gasteiger partial charge in [-0.15, -0.1) is 24.0 Å². The van der Waals surface area contributed by atoms with Crippen molar-refractivity contribution < 1.29 is 0 Å². The molecule has 0 spiro atoms. The maximum absolute atomic E-state index is 4.54. The van der Waals surface area contributed by atoms with Crippen LogP contribution in [0.3, 0.4) is 0 Å². The summed E-state index contributed by atoms with van der Waals surface area (Å²) in [6, 6.07) is 17.7. The van der Waals surface area contributed by atoms with Gasteiger partial charge in [0, 0.05) is 57.0 Å². The summed E-state index contributed by atoms with van der Waals surface area (Å²) in [5.74, 6) is 0.929. The Labute approximate surface area is 222 Å². The lowest BCUT2D eigenvalue weighted by Gasteiger charge is -2.36. The number of benzene rings is 1. The number of nitrogens with zero attached hydrogens (tertiary/aromatic N) is 3. The molecule has 0 bridgehead atoms. The zero-order valence-electron chi connectivity index (χ0n) is 20.7. The summed E-state index contributed by atoms with van der Waals surface area (Å²) >= 11 is 0.